The second-order valence-corrected chi connectivity index (χ2v) is 7.72. The van der Waals surface area contributed by atoms with E-state index >= 15 is 0 Å². The molecule has 0 radical (unpaired) electrons. The van der Waals surface area contributed by atoms with Crippen LogP contribution in [0.2, 0.25) is 0 Å². The molecule has 0 bridgehead atoms. The number of rotatable bonds is 9. The van der Waals surface area contributed by atoms with Crippen LogP contribution in [0.1, 0.15) is 43.7 Å². The Morgan fingerprint density at radius 2 is 1.86 bits per heavy atom. The maximum atomic E-state index is 13.0. The second kappa shape index (κ2) is 10.4. The van der Waals surface area contributed by atoms with Crippen molar-refractivity contribution in [3.8, 4) is 5.75 Å². The van der Waals surface area contributed by atoms with Crippen LogP contribution in [0.5, 0.6) is 5.75 Å². The zero-order valence-corrected chi connectivity index (χ0v) is 17.6. The van der Waals surface area contributed by atoms with Gasteiger partial charge in [-0.25, -0.2) is 0 Å². The third-order valence-electron chi connectivity index (χ3n) is 5.23. The molecule has 1 fully saturated rings. The number of ether oxygens (including phenoxy) is 3. The molecule has 29 heavy (non-hydrogen) atoms. The van der Waals surface area contributed by atoms with Gasteiger partial charge in [-0.3, -0.25) is 4.79 Å². The fraction of sp³-hybridized carbons (Fsp3) is 0.458. The highest BCUT2D eigenvalue weighted by molar-refractivity contribution is 5.94. The smallest absolute Gasteiger partial charge is 0.253 e. The van der Waals surface area contributed by atoms with Crippen LogP contribution < -0.4 is 9.64 Å². The van der Waals surface area contributed by atoms with Crippen LogP contribution in [0.25, 0.3) is 0 Å². The lowest BCUT2D eigenvalue weighted by atomic mass is 10.0. The Kier molecular flexibility index (Phi) is 7.67. The summed E-state index contributed by atoms with van der Waals surface area (Å²) in [5.74, 6) is 1.17. The van der Waals surface area contributed by atoms with Crippen molar-refractivity contribution in [1.82, 2.24) is 0 Å². The SMILES string of the molecule is COc1ccc(N(Cc2ccc(C(C)C)cc2)C(=O)COCC2CCCO2)cc1. The summed E-state index contributed by atoms with van der Waals surface area (Å²) in [5.41, 5.74) is 3.19. The fourth-order valence-corrected chi connectivity index (χ4v) is 3.41. The number of hydrogen-bond acceptors (Lipinski definition) is 4. The van der Waals surface area contributed by atoms with Gasteiger partial charge < -0.3 is 19.1 Å². The van der Waals surface area contributed by atoms with Crippen LogP contribution >= 0.6 is 0 Å². The molecule has 1 aliphatic rings. The molecule has 1 amide bonds. The fourth-order valence-electron chi connectivity index (χ4n) is 3.41. The maximum Gasteiger partial charge on any atom is 0.253 e. The Balaban J connectivity index is 1.70. The van der Waals surface area contributed by atoms with E-state index < -0.39 is 0 Å². The van der Waals surface area contributed by atoms with Crippen molar-refractivity contribution in [2.24, 2.45) is 0 Å². The van der Waals surface area contributed by atoms with Gasteiger partial charge in [-0.1, -0.05) is 38.1 Å². The molecule has 0 saturated carbocycles. The third kappa shape index (κ3) is 6.05. The molecule has 1 aliphatic heterocycles. The van der Waals surface area contributed by atoms with Gasteiger partial charge in [-0.15, -0.1) is 0 Å². The summed E-state index contributed by atoms with van der Waals surface area (Å²) >= 11 is 0. The summed E-state index contributed by atoms with van der Waals surface area (Å²) in [6.07, 6.45) is 2.17. The van der Waals surface area contributed by atoms with Gasteiger partial charge >= 0.3 is 0 Å². The number of benzene rings is 2. The highest BCUT2D eigenvalue weighted by atomic mass is 16.5. The number of anilines is 1. The first-order chi connectivity index (χ1) is 14.1. The molecule has 1 saturated heterocycles. The molecule has 0 N–H and O–H groups in total. The minimum absolute atomic E-state index is 0.0377. The van der Waals surface area contributed by atoms with Gasteiger partial charge in [0.2, 0.25) is 0 Å². The van der Waals surface area contributed by atoms with Crippen LogP contribution in [-0.4, -0.2) is 38.9 Å². The van der Waals surface area contributed by atoms with Crippen LogP contribution in [0.3, 0.4) is 0 Å². The van der Waals surface area contributed by atoms with E-state index in [0.29, 0.717) is 19.1 Å². The van der Waals surface area contributed by atoms with Gasteiger partial charge in [0.05, 0.1) is 26.4 Å². The summed E-state index contributed by atoms with van der Waals surface area (Å²) in [4.78, 5) is 14.7. The lowest BCUT2D eigenvalue weighted by Crippen LogP contribution is -2.34. The number of hydrogen-bond donors (Lipinski definition) is 0. The average Bonchev–Trinajstić information content (AvgIpc) is 3.26. The van der Waals surface area contributed by atoms with Gasteiger partial charge in [0.15, 0.2) is 0 Å². The number of amides is 1. The second-order valence-electron chi connectivity index (χ2n) is 7.72. The molecule has 0 spiro atoms. The van der Waals surface area contributed by atoms with E-state index in [0.717, 1.165) is 36.4 Å². The molecule has 1 atom stereocenters. The van der Waals surface area contributed by atoms with Crippen molar-refractivity contribution in [2.45, 2.75) is 45.3 Å². The van der Waals surface area contributed by atoms with E-state index in [1.165, 1.54) is 5.56 Å². The molecule has 1 heterocycles. The quantitative estimate of drug-likeness (QED) is 0.623. The molecular weight excluding hydrogens is 366 g/mol. The average molecular weight is 398 g/mol. The zero-order valence-electron chi connectivity index (χ0n) is 17.6. The molecule has 2 aromatic carbocycles. The van der Waals surface area contributed by atoms with E-state index in [1.807, 2.05) is 24.3 Å². The summed E-state index contributed by atoms with van der Waals surface area (Å²) < 4.78 is 16.5. The van der Waals surface area contributed by atoms with Gasteiger partial charge in [0, 0.05) is 12.3 Å². The minimum Gasteiger partial charge on any atom is -0.497 e. The van der Waals surface area contributed by atoms with Gasteiger partial charge in [-0.2, -0.15) is 0 Å². The van der Waals surface area contributed by atoms with Gasteiger partial charge in [0.1, 0.15) is 12.4 Å². The summed E-state index contributed by atoms with van der Waals surface area (Å²) in [7, 11) is 1.63. The molecule has 0 aliphatic carbocycles. The predicted octanol–water partition coefficient (Wildman–Crippen LogP) is 4.55. The third-order valence-corrected chi connectivity index (χ3v) is 5.23. The van der Waals surface area contributed by atoms with E-state index in [9.17, 15) is 4.79 Å². The monoisotopic (exact) mass is 397 g/mol. The first-order valence-corrected chi connectivity index (χ1v) is 10.3. The number of carbonyl (C=O) groups is 1. The van der Waals surface area contributed by atoms with E-state index in [4.69, 9.17) is 14.2 Å². The highest BCUT2D eigenvalue weighted by Gasteiger charge is 2.20. The Morgan fingerprint density at radius 3 is 2.45 bits per heavy atom. The highest BCUT2D eigenvalue weighted by Crippen LogP contribution is 2.23. The standard InChI is InChI=1S/C24H31NO4/c1-18(2)20-8-6-19(7-9-20)15-25(21-10-12-22(27-3)13-11-21)24(26)17-28-16-23-5-4-14-29-23/h6-13,18,23H,4-5,14-17H2,1-3H3. The molecular formula is C24H31NO4. The molecule has 5 heteroatoms. The summed E-state index contributed by atoms with van der Waals surface area (Å²) in [6, 6.07) is 16.0. The van der Waals surface area contributed by atoms with E-state index in [-0.39, 0.29) is 18.6 Å². The van der Waals surface area contributed by atoms with E-state index in [1.54, 1.807) is 12.0 Å². The van der Waals surface area contributed by atoms with Crippen LogP contribution in [0.4, 0.5) is 5.69 Å². The summed E-state index contributed by atoms with van der Waals surface area (Å²) in [5, 5.41) is 0. The van der Waals surface area contributed by atoms with Crippen LogP contribution in [0.15, 0.2) is 48.5 Å². The molecule has 1 unspecified atom stereocenters. The molecule has 0 aromatic heterocycles. The van der Waals surface area contributed by atoms with Gasteiger partial charge in [0.25, 0.3) is 5.91 Å². The molecule has 3 rings (SSSR count). The van der Waals surface area contributed by atoms with Gasteiger partial charge in [-0.05, 0) is 54.2 Å². The van der Waals surface area contributed by atoms with Crippen molar-refractivity contribution >= 4 is 11.6 Å². The molecule has 5 nitrogen and oxygen atoms in total. The van der Waals surface area contributed by atoms with E-state index in [2.05, 4.69) is 38.1 Å². The molecule has 156 valence electrons. The van der Waals surface area contributed by atoms with Crippen molar-refractivity contribution in [2.75, 3.05) is 31.8 Å². The lowest BCUT2D eigenvalue weighted by Gasteiger charge is -2.24. The number of carbonyl (C=O) groups excluding carboxylic acids is 1. The van der Waals surface area contributed by atoms with Crippen molar-refractivity contribution in [3.63, 3.8) is 0 Å². The van der Waals surface area contributed by atoms with Crippen molar-refractivity contribution in [1.29, 1.82) is 0 Å². The predicted molar refractivity (Wildman–Crippen MR) is 115 cm³/mol. The normalized spacial score (nSPS) is 16.2. The van der Waals surface area contributed by atoms with Crippen molar-refractivity contribution in [3.05, 3.63) is 59.7 Å². The van der Waals surface area contributed by atoms with Crippen molar-refractivity contribution < 1.29 is 19.0 Å². The zero-order chi connectivity index (χ0) is 20.6. The Bertz CT molecular complexity index is 764. The Labute approximate surface area is 173 Å². The largest absolute Gasteiger partial charge is 0.497 e. The maximum absolute atomic E-state index is 13.0. The first kappa shape index (κ1) is 21.3. The lowest BCUT2D eigenvalue weighted by molar-refractivity contribution is -0.124. The molecule has 2 aromatic rings. The Morgan fingerprint density at radius 1 is 1.14 bits per heavy atom. The number of methoxy groups -OCH3 is 1. The van der Waals surface area contributed by atoms with Crippen LogP contribution in [-0.2, 0) is 20.8 Å². The Hall–Kier alpha value is -2.37. The minimum atomic E-state index is -0.0684. The first-order valence-electron chi connectivity index (χ1n) is 10.3. The number of nitrogens with zero attached hydrogens (tertiary/aromatic N) is 1. The van der Waals surface area contributed by atoms with Crippen LogP contribution in [0, 0.1) is 0 Å². The summed E-state index contributed by atoms with van der Waals surface area (Å²) in [6.45, 7) is 6.13. The topological polar surface area (TPSA) is 48.0 Å².